The molecule has 1 aromatic carbocycles. The van der Waals surface area contributed by atoms with Gasteiger partial charge in [-0.05, 0) is 50.2 Å². The van der Waals surface area contributed by atoms with Crippen LogP contribution in [-0.4, -0.2) is 55.5 Å². The van der Waals surface area contributed by atoms with Gasteiger partial charge in [0.15, 0.2) is 0 Å². The molecule has 1 aliphatic carbocycles. The third kappa shape index (κ3) is 6.06. The third-order valence-electron chi connectivity index (χ3n) is 5.90. The molecule has 5 nitrogen and oxygen atoms in total. The number of anilines is 1. The van der Waals surface area contributed by atoms with Crippen LogP contribution >= 0.6 is 23.2 Å². The largest absolute Gasteiger partial charge is 0.400 e. The number of carbonyl (C=O) groups excluding carboxylic acids is 1. The van der Waals surface area contributed by atoms with Gasteiger partial charge in [0.1, 0.15) is 6.79 Å². The van der Waals surface area contributed by atoms with Gasteiger partial charge in [-0.1, -0.05) is 55.3 Å². The van der Waals surface area contributed by atoms with Crippen LogP contribution in [0.1, 0.15) is 33.6 Å². The summed E-state index contributed by atoms with van der Waals surface area (Å²) in [6.45, 7) is 13.4. The van der Waals surface area contributed by atoms with Crippen LogP contribution in [0.5, 0.6) is 0 Å². The highest BCUT2D eigenvalue weighted by atomic mass is 35.5. The maximum atomic E-state index is 8.00. The smallest absolute Gasteiger partial charge is 0.106 e. The molecule has 1 atom stereocenters. The molecule has 0 amide bonds. The van der Waals surface area contributed by atoms with Crippen molar-refractivity contribution in [3.05, 3.63) is 63.4 Å². The van der Waals surface area contributed by atoms with Crippen LogP contribution < -0.4 is 10.6 Å². The summed E-state index contributed by atoms with van der Waals surface area (Å²) in [5, 5.41) is 1.35. The lowest BCUT2D eigenvalue weighted by Gasteiger charge is -2.42. The van der Waals surface area contributed by atoms with Gasteiger partial charge < -0.3 is 20.3 Å². The quantitative estimate of drug-likeness (QED) is 0.636. The zero-order valence-corrected chi connectivity index (χ0v) is 20.3. The fourth-order valence-electron chi connectivity index (χ4n) is 4.34. The summed E-state index contributed by atoms with van der Waals surface area (Å²) in [5.74, 6) is 0. The number of benzene rings is 1. The van der Waals surface area contributed by atoms with Gasteiger partial charge in [-0.2, -0.15) is 0 Å². The second-order valence-electron chi connectivity index (χ2n) is 7.64. The summed E-state index contributed by atoms with van der Waals surface area (Å²) in [4.78, 5) is 15.2. The van der Waals surface area contributed by atoms with Gasteiger partial charge in [-0.25, -0.2) is 0 Å². The molecule has 170 valence electrons. The normalized spacial score (nSPS) is 17.8. The van der Waals surface area contributed by atoms with Gasteiger partial charge in [-0.15, -0.1) is 0 Å². The lowest BCUT2D eigenvalue weighted by atomic mass is 9.99. The summed E-state index contributed by atoms with van der Waals surface area (Å²) < 4.78 is 0. The van der Waals surface area contributed by atoms with Crippen LogP contribution in [0.3, 0.4) is 0 Å². The Morgan fingerprint density at radius 3 is 2.48 bits per heavy atom. The average molecular weight is 465 g/mol. The predicted octanol–water partition coefficient (Wildman–Crippen LogP) is 5.07. The molecule has 0 bridgehead atoms. The summed E-state index contributed by atoms with van der Waals surface area (Å²) in [5.41, 5.74) is 11.1. The number of rotatable bonds is 6. The minimum atomic E-state index is 0.302. The van der Waals surface area contributed by atoms with Gasteiger partial charge in [-0.3, -0.25) is 4.90 Å². The number of hydrogen-bond acceptors (Lipinski definition) is 5. The van der Waals surface area contributed by atoms with E-state index >= 15 is 0 Å². The molecular weight excluding hydrogens is 431 g/mol. The number of allylic oxidation sites excluding steroid dienone is 3. The Hall–Kier alpha value is -1.95. The van der Waals surface area contributed by atoms with Crippen molar-refractivity contribution in [1.29, 1.82) is 0 Å². The molecule has 0 spiro atoms. The van der Waals surface area contributed by atoms with Gasteiger partial charge in [0.05, 0.1) is 23.1 Å². The van der Waals surface area contributed by atoms with E-state index in [1.165, 1.54) is 11.3 Å². The molecule has 0 aromatic heterocycles. The Morgan fingerprint density at radius 2 is 1.84 bits per heavy atom. The number of hydrogen-bond donors (Lipinski definition) is 1. The Labute approximate surface area is 196 Å². The summed E-state index contributed by atoms with van der Waals surface area (Å²) in [7, 11) is 0. The van der Waals surface area contributed by atoms with Gasteiger partial charge >= 0.3 is 0 Å². The van der Waals surface area contributed by atoms with Gasteiger partial charge in [0.2, 0.25) is 0 Å². The van der Waals surface area contributed by atoms with E-state index < -0.39 is 0 Å². The number of halogens is 2. The minimum absolute atomic E-state index is 0.302. The third-order valence-corrected chi connectivity index (χ3v) is 6.44. The number of nitrogens with two attached hydrogens (primary N) is 1. The van der Waals surface area contributed by atoms with Crippen LogP contribution in [0, 0.1) is 0 Å². The molecule has 1 heterocycles. The molecular formula is C24H34Cl2N4O. The summed E-state index contributed by atoms with van der Waals surface area (Å²) >= 11 is 12.6. The van der Waals surface area contributed by atoms with E-state index in [4.69, 9.17) is 33.7 Å². The van der Waals surface area contributed by atoms with Crippen LogP contribution in [0.25, 0.3) is 0 Å². The van der Waals surface area contributed by atoms with E-state index in [0.29, 0.717) is 16.1 Å². The van der Waals surface area contributed by atoms with Crippen LogP contribution in [0.15, 0.2) is 53.4 Å². The number of carbonyl (C=O) groups is 1. The monoisotopic (exact) mass is 464 g/mol. The molecule has 1 unspecified atom stereocenters. The van der Waals surface area contributed by atoms with Gasteiger partial charge in [0, 0.05) is 36.3 Å². The van der Waals surface area contributed by atoms with Crippen LogP contribution in [-0.2, 0) is 4.79 Å². The first kappa shape index (κ1) is 25.3. The van der Waals surface area contributed by atoms with E-state index in [1.54, 1.807) is 0 Å². The molecule has 3 rings (SSSR count). The average Bonchev–Trinajstić information content (AvgIpc) is 2.97. The van der Waals surface area contributed by atoms with Crippen LogP contribution in [0.4, 0.5) is 5.69 Å². The van der Waals surface area contributed by atoms with Crippen molar-refractivity contribution in [3.8, 4) is 0 Å². The highest BCUT2D eigenvalue weighted by molar-refractivity contribution is 6.36. The molecule has 0 radical (unpaired) electrons. The topological polar surface area (TPSA) is 52.8 Å². The molecule has 2 N–H and O–H groups in total. The zero-order valence-electron chi connectivity index (χ0n) is 18.8. The van der Waals surface area contributed by atoms with Crippen molar-refractivity contribution in [1.82, 2.24) is 9.80 Å². The van der Waals surface area contributed by atoms with Crippen molar-refractivity contribution in [3.63, 3.8) is 0 Å². The highest BCUT2D eigenvalue weighted by Gasteiger charge is 2.28. The fraction of sp³-hybridized carbons (Fsp3) is 0.458. The van der Waals surface area contributed by atoms with Crippen molar-refractivity contribution in [2.45, 2.75) is 39.7 Å². The zero-order chi connectivity index (χ0) is 23.0. The fourth-order valence-corrected chi connectivity index (χ4v) is 4.86. The molecule has 1 fully saturated rings. The second-order valence-corrected chi connectivity index (χ2v) is 8.49. The second kappa shape index (κ2) is 12.2. The first-order valence-electron chi connectivity index (χ1n) is 10.8. The van der Waals surface area contributed by atoms with Crippen molar-refractivity contribution in [2.24, 2.45) is 5.73 Å². The molecule has 31 heavy (non-hydrogen) atoms. The van der Waals surface area contributed by atoms with E-state index in [-0.39, 0.29) is 0 Å². The van der Waals surface area contributed by atoms with E-state index in [1.807, 2.05) is 25.0 Å². The Balaban J connectivity index is 0.00000166. The molecule has 7 heteroatoms. The summed E-state index contributed by atoms with van der Waals surface area (Å²) in [6, 6.07) is 6.03. The molecule has 2 aliphatic rings. The molecule has 0 saturated carbocycles. The maximum Gasteiger partial charge on any atom is 0.106 e. The van der Waals surface area contributed by atoms with Crippen molar-refractivity contribution < 1.29 is 4.79 Å². The SMILES string of the molecule is C=O.CCN(CC)C(C)C1=CC=CCC(N)=C1N1CCCN(c2ccc(Cl)cc2Cl)C1. The molecule has 1 aromatic rings. The van der Waals surface area contributed by atoms with E-state index in [2.05, 4.69) is 53.7 Å². The van der Waals surface area contributed by atoms with Crippen molar-refractivity contribution >= 4 is 35.7 Å². The minimum Gasteiger partial charge on any atom is -0.400 e. The maximum absolute atomic E-state index is 8.00. The molecule has 1 aliphatic heterocycles. The first-order valence-corrected chi connectivity index (χ1v) is 11.5. The predicted molar refractivity (Wildman–Crippen MR) is 133 cm³/mol. The Bertz CT molecular complexity index is 833. The van der Waals surface area contributed by atoms with Gasteiger partial charge in [0.25, 0.3) is 0 Å². The van der Waals surface area contributed by atoms with E-state index in [9.17, 15) is 0 Å². The Kier molecular flexibility index (Phi) is 9.94. The van der Waals surface area contributed by atoms with E-state index in [0.717, 1.165) is 57.1 Å². The number of likely N-dealkylation sites (N-methyl/N-ethyl adjacent to an activating group) is 1. The first-order chi connectivity index (χ1) is 15.0. The lowest BCUT2D eigenvalue weighted by molar-refractivity contribution is -0.0979. The lowest BCUT2D eigenvalue weighted by Crippen LogP contribution is -2.47. The van der Waals surface area contributed by atoms with Crippen molar-refractivity contribution in [2.75, 3.05) is 37.7 Å². The number of nitrogens with zero attached hydrogens (tertiary/aromatic N) is 3. The Morgan fingerprint density at radius 1 is 1.16 bits per heavy atom. The summed E-state index contributed by atoms with van der Waals surface area (Å²) in [6.07, 6.45) is 8.36. The standard InChI is InChI=1S/C23H32Cl2N4.CH2O/c1-4-27(5-2)17(3)19-9-6-7-10-21(26)23(19)29-14-8-13-28(16-29)22-12-11-18(24)15-20(22)25;1-2/h6-7,9,11-12,15,17H,4-5,8,10,13-14,16,26H2,1-3H3;1H2. The molecule has 1 saturated heterocycles. The highest BCUT2D eigenvalue weighted by Crippen LogP contribution is 2.33. The van der Waals surface area contributed by atoms with Crippen LogP contribution in [0.2, 0.25) is 10.0 Å².